The van der Waals surface area contributed by atoms with E-state index in [2.05, 4.69) is 21.6 Å². The molecule has 3 rings (SSSR count). The van der Waals surface area contributed by atoms with E-state index in [1.807, 2.05) is 43.3 Å². The molecule has 1 heterocycles. The number of sulfonamides is 1. The molecule has 0 aromatic heterocycles. The van der Waals surface area contributed by atoms with Crippen LogP contribution in [-0.2, 0) is 23.0 Å². The molecule has 2 aromatic carbocycles. The summed E-state index contributed by atoms with van der Waals surface area (Å²) in [5, 5.41) is 0. The monoisotopic (exact) mass is 373 g/mol. The van der Waals surface area contributed by atoms with Crippen LogP contribution in [0.25, 0.3) is 0 Å². The van der Waals surface area contributed by atoms with Gasteiger partial charge in [0.15, 0.2) is 0 Å². The number of hydrogen-bond acceptors (Lipinski definition) is 4. The molecule has 26 heavy (non-hydrogen) atoms. The van der Waals surface area contributed by atoms with E-state index in [0.29, 0.717) is 5.69 Å². The van der Waals surface area contributed by atoms with Crippen LogP contribution in [0.3, 0.4) is 0 Å². The van der Waals surface area contributed by atoms with Crippen LogP contribution >= 0.6 is 0 Å². The van der Waals surface area contributed by atoms with Gasteiger partial charge in [-0.1, -0.05) is 31.2 Å². The zero-order valence-electron chi connectivity index (χ0n) is 15.5. The topological polar surface area (TPSA) is 52.7 Å². The molecular weight excluding hydrogens is 346 g/mol. The van der Waals surface area contributed by atoms with Crippen LogP contribution in [0.15, 0.2) is 53.4 Å². The molecule has 6 heteroatoms. The van der Waals surface area contributed by atoms with Gasteiger partial charge in [-0.25, -0.2) is 8.42 Å². The molecule has 140 valence electrons. The van der Waals surface area contributed by atoms with Gasteiger partial charge in [0.1, 0.15) is 0 Å². The molecule has 0 unspecified atom stereocenters. The lowest BCUT2D eigenvalue weighted by Crippen LogP contribution is -2.43. The highest BCUT2D eigenvalue weighted by Gasteiger charge is 2.15. The maximum absolute atomic E-state index is 12.5. The normalized spacial score (nSPS) is 16.5. The first-order valence-electron chi connectivity index (χ1n) is 9.08. The Hall–Kier alpha value is -1.89. The maximum Gasteiger partial charge on any atom is 0.261 e. The highest BCUT2D eigenvalue weighted by Crippen LogP contribution is 2.18. The van der Waals surface area contributed by atoms with E-state index in [1.54, 1.807) is 12.1 Å². The summed E-state index contributed by atoms with van der Waals surface area (Å²) in [4.78, 5) is 5.05. The molecule has 0 atom stereocenters. The number of piperazine rings is 1. The van der Waals surface area contributed by atoms with Crippen molar-refractivity contribution in [3.63, 3.8) is 0 Å². The van der Waals surface area contributed by atoms with Gasteiger partial charge in [0.2, 0.25) is 0 Å². The van der Waals surface area contributed by atoms with E-state index in [1.165, 1.54) is 5.56 Å². The third-order valence-corrected chi connectivity index (χ3v) is 6.25. The minimum atomic E-state index is -3.55. The van der Waals surface area contributed by atoms with E-state index in [0.717, 1.165) is 44.7 Å². The van der Waals surface area contributed by atoms with Crippen molar-refractivity contribution in [2.24, 2.45) is 0 Å². The van der Waals surface area contributed by atoms with Crippen LogP contribution in [0.1, 0.15) is 18.1 Å². The lowest BCUT2D eigenvalue weighted by Gasteiger charge is -2.32. The van der Waals surface area contributed by atoms with Gasteiger partial charge in [-0.15, -0.1) is 0 Å². The smallest absolute Gasteiger partial charge is 0.261 e. The predicted molar refractivity (Wildman–Crippen MR) is 106 cm³/mol. The minimum Gasteiger partial charge on any atom is -0.304 e. The van der Waals surface area contributed by atoms with E-state index in [-0.39, 0.29) is 4.90 Å². The molecule has 1 fully saturated rings. The first kappa shape index (κ1) is 18.9. The van der Waals surface area contributed by atoms with Crippen molar-refractivity contribution in [2.45, 2.75) is 24.8 Å². The summed E-state index contributed by atoms with van der Waals surface area (Å²) < 4.78 is 27.7. The first-order valence-corrected chi connectivity index (χ1v) is 10.6. The van der Waals surface area contributed by atoms with E-state index < -0.39 is 10.0 Å². The van der Waals surface area contributed by atoms with Gasteiger partial charge in [0.25, 0.3) is 10.0 Å². The summed E-state index contributed by atoms with van der Waals surface area (Å²) in [7, 11) is -1.40. The molecule has 1 aliphatic heterocycles. The van der Waals surface area contributed by atoms with Crippen LogP contribution < -0.4 is 4.72 Å². The molecule has 1 N–H and O–H groups in total. The van der Waals surface area contributed by atoms with Crippen LogP contribution in [0.5, 0.6) is 0 Å². The van der Waals surface area contributed by atoms with Gasteiger partial charge in [-0.3, -0.25) is 9.62 Å². The van der Waals surface area contributed by atoms with Crippen molar-refractivity contribution >= 4 is 15.7 Å². The predicted octanol–water partition coefficient (Wildman–Crippen LogP) is 2.80. The molecule has 0 amide bonds. The second kappa shape index (κ2) is 8.20. The van der Waals surface area contributed by atoms with Crippen molar-refractivity contribution in [1.29, 1.82) is 0 Å². The minimum absolute atomic E-state index is 0.288. The van der Waals surface area contributed by atoms with Crippen LogP contribution in [-0.4, -0.2) is 51.4 Å². The standard InChI is InChI=1S/C20H27N3O2S/c1-3-17-6-10-20(11-7-17)26(24,25)21-19-8-4-18(5-9-19)16-23-14-12-22(2)13-15-23/h4-11,21H,3,12-16H2,1-2H3. The molecule has 5 nitrogen and oxygen atoms in total. The fourth-order valence-electron chi connectivity index (χ4n) is 3.06. The van der Waals surface area contributed by atoms with Gasteiger partial charge in [-0.2, -0.15) is 0 Å². The Labute approximate surface area is 156 Å². The van der Waals surface area contributed by atoms with E-state index in [9.17, 15) is 8.42 Å². The van der Waals surface area contributed by atoms with Gasteiger partial charge >= 0.3 is 0 Å². The van der Waals surface area contributed by atoms with Crippen LogP contribution in [0.4, 0.5) is 5.69 Å². The molecule has 0 bridgehead atoms. The first-order chi connectivity index (χ1) is 12.5. The number of nitrogens with zero attached hydrogens (tertiary/aromatic N) is 2. The van der Waals surface area contributed by atoms with Gasteiger partial charge < -0.3 is 4.90 Å². The van der Waals surface area contributed by atoms with E-state index >= 15 is 0 Å². The lowest BCUT2D eigenvalue weighted by atomic mass is 10.2. The molecule has 2 aromatic rings. The second-order valence-corrected chi connectivity index (χ2v) is 8.56. The van der Waals surface area contributed by atoms with Gasteiger partial charge in [0.05, 0.1) is 4.90 Å². The summed E-state index contributed by atoms with van der Waals surface area (Å²) in [5.74, 6) is 0. The quantitative estimate of drug-likeness (QED) is 0.846. The average molecular weight is 374 g/mol. The zero-order valence-corrected chi connectivity index (χ0v) is 16.3. The summed E-state index contributed by atoms with van der Waals surface area (Å²) in [6, 6.07) is 14.7. The molecule has 0 radical (unpaired) electrons. The fourth-order valence-corrected chi connectivity index (χ4v) is 4.12. The summed E-state index contributed by atoms with van der Waals surface area (Å²) >= 11 is 0. The number of hydrogen-bond donors (Lipinski definition) is 1. The Morgan fingerprint density at radius 1 is 0.885 bits per heavy atom. The third kappa shape index (κ3) is 4.84. The second-order valence-electron chi connectivity index (χ2n) is 6.88. The Balaban J connectivity index is 1.62. The SMILES string of the molecule is CCc1ccc(S(=O)(=O)Nc2ccc(CN3CCN(C)CC3)cc2)cc1. The highest BCUT2D eigenvalue weighted by atomic mass is 32.2. The summed E-state index contributed by atoms with van der Waals surface area (Å²) in [5.41, 5.74) is 2.91. The van der Waals surface area contributed by atoms with Crippen molar-refractivity contribution in [3.05, 3.63) is 59.7 Å². The zero-order chi connectivity index (χ0) is 18.6. The van der Waals surface area contributed by atoms with Gasteiger partial charge in [-0.05, 0) is 48.9 Å². The number of likely N-dealkylation sites (N-methyl/N-ethyl adjacent to an activating group) is 1. The van der Waals surface area contributed by atoms with Crippen molar-refractivity contribution in [3.8, 4) is 0 Å². The fraction of sp³-hybridized carbons (Fsp3) is 0.400. The number of aryl methyl sites for hydroxylation is 1. The van der Waals surface area contributed by atoms with Crippen molar-refractivity contribution in [1.82, 2.24) is 9.80 Å². The highest BCUT2D eigenvalue weighted by molar-refractivity contribution is 7.92. The molecular formula is C20H27N3O2S. The largest absolute Gasteiger partial charge is 0.304 e. The number of benzene rings is 2. The Morgan fingerprint density at radius 3 is 2.04 bits per heavy atom. The number of nitrogens with one attached hydrogen (secondary N) is 1. The molecule has 0 aliphatic carbocycles. The van der Waals surface area contributed by atoms with Gasteiger partial charge in [0, 0.05) is 38.4 Å². The Kier molecular flexibility index (Phi) is 5.96. The Morgan fingerprint density at radius 2 is 1.46 bits per heavy atom. The average Bonchev–Trinajstić information content (AvgIpc) is 2.65. The third-order valence-electron chi connectivity index (χ3n) is 4.85. The number of anilines is 1. The lowest BCUT2D eigenvalue weighted by molar-refractivity contribution is 0.148. The van der Waals surface area contributed by atoms with Crippen LogP contribution in [0.2, 0.25) is 0 Å². The maximum atomic E-state index is 12.5. The summed E-state index contributed by atoms with van der Waals surface area (Å²) in [6.45, 7) is 7.27. The summed E-state index contributed by atoms with van der Waals surface area (Å²) in [6.07, 6.45) is 0.891. The number of rotatable bonds is 6. The van der Waals surface area contributed by atoms with Crippen molar-refractivity contribution < 1.29 is 8.42 Å². The molecule has 0 spiro atoms. The molecule has 1 saturated heterocycles. The van der Waals surface area contributed by atoms with Crippen LogP contribution in [0, 0.1) is 0 Å². The Bertz CT molecular complexity index is 809. The van der Waals surface area contributed by atoms with E-state index in [4.69, 9.17) is 0 Å². The molecule has 1 aliphatic rings. The van der Waals surface area contributed by atoms with Crippen molar-refractivity contribution in [2.75, 3.05) is 37.9 Å². The molecule has 0 saturated carbocycles.